The van der Waals surface area contributed by atoms with E-state index in [4.69, 9.17) is 0 Å². The Morgan fingerprint density at radius 1 is 1.06 bits per heavy atom. The summed E-state index contributed by atoms with van der Waals surface area (Å²) in [6, 6.07) is 10.6. The molecule has 0 amide bonds. The van der Waals surface area contributed by atoms with Crippen LogP contribution in [0.25, 0.3) is 0 Å². The largest absolute Gasteiger partial charge is 0.392 e. The second kappa shape index (κ2) is 5.85. The van der Waals surface area contributed by atoms with Gasteiger partial charge in [-0.3, -0.25) is 0 Å². The number of aliphatic hydroxyl groups is 1. The number of hydrogen-bond acceptors (Lipinski definition) is 1. The van der Waals surface area contributed by atoms with E-state index < -0.39 is 8.07 Å². The molecule has 0 saturated heterocycles. The molecular weight excluding hydrogens is 236 g/mol. The fourth-order valence-electron chi connectivity index (χ4n) is 2.78. The molecule has 0 bridgehead atoms. The predicted molar refractivity (Wildman–Crippen MR) is 80.7 cm³/mol. The number of rotatable bonds is 3. The highest BCUT2D eigenvalue weighted by Gasteiger charge is 2.34. The maximum atomic E-state index is 10.8. The standard InChI is InChI=1S/C16H24OSi/c1-18(2,15-12-8-5-9-13-15)16(17)14-10-6-3-4-7-11-14/h5,8-10,12-13,16-17H,3-4,6-7,11H2,1-2H3/t16-/m0/s1. The Morgan fingerprint density at radius 2 is 1.78 bits per heavy atom. The van der Waals surface area contributed by atoms with Gasteiger partial charge in [0.25, 0.3) is 0 Å². The molecule has 18 heavy (non-hydrogen) atoms. The Kier molecular flexibility index (Phi) is 4.41. The van der Waals surface area contributed by atoms with Crippen molar-refractivity contribution in [2.75, 3.05) is 0 Å². The average Bonchev–Trinajstić information content (AvgIpc) is 2.67. The minimum absolute atomic E-state index is 0.224. The molecule has 0 heterocycles. The van der Waals surface area contributed by atoms with E-state index in [2.05, 4.69) is 43.4 Å². The molecule has 0 spiro atoms. The minimum Gasteiger partial charge on any atom is -0.392 e. The highest BCUT2D eigenvalue weighted by molar-refractivity contribution is 6.91. The summed E-state index contributed by atoms with van der Waals surface area (Å²) < 4.78 is 0. The van der Waals surface area contributed by atoms with E-state index in [1.54, 1.807) is 0 Å². The van der Waals surface area contributed by atoms with Gasteiger partial charge in [0.1, 0.15) is 8.07 Å². The van der Waals surface area contributed by atoms with Crippen LogP contribution in [-0.4, -0.2) is 18.9 Å². The van der Waals surface area contributed by atoms with Crippen LogP contribution in [0.2, 0.25) is 13.1 Å². The quantitative estimate of drug-likeness (QED) is 0.652. The van der Waals surface area contributed by atoms with Crippen molar-refractivity contribution in [3.05, 3.63) is 42.0 Å². The van der Waals surface area contributed by atoms with E-state index >= 15 is 0 Å². The van der Waals surface area contributed by atoms with E-state index in [1.165, 1.54) is 30.0 Å². The zero-order chi connectivity index (χ0) is 13.0. The normalized spacial score (nSPS) is 18.9. The van der Waals surface area contributed by atoms with Gasteiger partial charge in [-0.1, -0.05) is 61.1 Å². The zero-order valence-corrected chi connectivity index (χ0v) is 12.5. The van der Waals surface area contributed by atoms with Crippen molar-refractivity contribution in [1.82, 2.24) is 0 Å². The molecule has 1 aromatic rings. The van der Waals surface area contributed by atoms with Gasteiger partial charge < -0.3 is 5.11 Å². The van der Waals surface area contributed by atoms with Crippen molar-refractivity contribution in [1.29, 1.82) is 0 Å². The molecule has 1 aliphatic carbocycles. The summed E-state index contributed by atoms with van der Waals surface area (Å²) in [6.45, 7) is 4.55. The van der Waals surface area contributed by atoms with Crippen LogP contribution in [0.5, 0.6) is 0 Å². The molecule has 1 nitrogen and oxygen atoms in total. The fourth-order valence-corrected chi connectivity index (χ4v) is 5.33. The first-order chi connectivity index (χ1) is 8.62. The number of allylic oxidation sites excluding steroid dienone is 1. The molecule has 1 atom stereocenters. The van der Waals surface area contributed by atoms with Crippen molar-refractivity contribution in [3.63, 3.8) is 0 Å². The molecule has 0 unspecified atom stereocenters. The predicted octanol–water partition coefficient (Wildman–Crippen LogP) is 3.39. The van der Waals surface area contributed by atoms with Gasteiger partial charge in [-0.15, -0.1) is 0 Å². The number of benzene rings is 1. The molecule has 0 aliphatic heterocycles. The molecule has 0 radical (unpaired) electrons. The molecule has 1 N–H and O–H groups in total. The summed E-state index contributed by atoms with van der Waals surface area (Å²) >= 11 is 0. The number of aliphatic hydroxyl groups excluding tert-OH is 1. The Hall–Kier alpha value is -0.863. The SMILES string of the molecule is C[Si](C)(c1ccccc1)[C@H](O)C1=CCCCCC1. The summed E-state index contributed by atoms with van der Waals surface area (Å²) in [7, 11) is -1.81. The molecular formula is C16H24OSi. The molecule has 2 heteroatoms. The van der Waals surface area contributed by atoms with Gasteiger partial charge in [0.2, 0.25) is 0 Å². The Labute approximate surface area is 112 Å². The van der Waals surface area contributed by atoms with Crippen LogP contribution in [0.1, 0.15) is 32.1 Å². The Morgan fingerprint density at radius 3 is 2.50 bits per heavy atom. The molecule has 98 valence electrons. The third-order valence-corrected chi connectivity index (χ3v) is 7.69. The first-order valence-corrected chi connectivity index (χ1v) is 10.1. The third kappa shape index (κ3) is 2.93. The third-order valence-electron chi connectivity index (χ3n) is 4.13. The van der Waals surface area contributed by atoms with Crippen molar-refractivity contribution < 1.29 is 5.11 Å². The smallest absolute Gasteiger partial charge is 0.118 e. The second-order valence-electron chi connectivity index (χ2n) is 5.87. The van der Waals surface area contributed by atoms with Gasteiger partial charge in [-0.05, 0) is 31.3 Å². The van der Waals surface area contributed by atoms with Crippen molar-refractivity contribution in [2.45, 2.75) is 50.9 Å². The van der Waals surface area contributed by atoms with Crippen LogP contribution in [0, 0.1) is 0 Å². The van der Waals surface area contributed by atoms with E-state index in [1.807, 2.05) is 6.07 Å². The molecule has 0 saturated carbocycles. The van der Waals surface area contributed by atoms with E-state index in [-0.39, 0.29) is 5.73 Å². The van der Waals surface area contributed by atoms with Crippen LogP contribution in [-0.2, 0) is 0 Å². The van der Waals surface area contributed by atoms with E-state index in [0.29, 0.717) is 0 Å². The summed E-state index contributed by atoms with van der Waals surface area (Å²) in [6.07, 6.45) is 8.36. The molecule has 2 rings (SSSR count). The summed E-state index contributed by atoms with van der Waals surface area (Å²) in [5, 5.41) is 12.1. The topological polar surface area (TPSA) is 20.2 Å². The van der Waals surface area contributed by atoms with Gasteiger partial charge in [0.15, 0.2) is 0 Å². The van der Waals surface area contributed by atoms with Crippen molar-refractivity contribution in [3.8, 4) is 0 Å². The lowest BCUT2D eigenvalue weighted by molar-refractivity contribution is 0.275. The second-order valence-corrected chi connectivity index (χ2v) is 10.4. The lowest BCUT2D eigenvalue weighted by atomic mass is 10.1. The Bertz CT molecular complexity index is 408. The maximum absolute atomic E-state index is 10.8. The molecule has 0 aromatic heterocycles. The average molecular weight is 260 g/mol. The van der Waals surface area contributed by atoms with Gasteiger partial charge in [-0.25, -0.2) is 0 Å². The van der Waals surface area contributed by atoms with Crippen LogP contribution in [0.4, 0.5) is 0 Å². The van der Waals surface area contributed by atoms with E-state index in [9.17, 15) is 5.11 Å². The van der Waals surface area contributed by atoms with Crippen molar-refractivity contribution in [2.24, 2.45) is 0 Å². The lowest BCUT2D eigenvalue weighted by Crippen LogP contribution is -2.53. The van der Waals surface area contributed by atoms with E-state index in [0.717, 1.165) is 12.8 Å². The maximum Gasteiger partial charge on any atom is 0.118 e. The lowest BCUT2D eigenvalue weighted by Gasteiger charge is -2.31. The van der Waals surface area contributed by atoms with Crippen LogP contribution in [0.3, 0.4) is 0 Å². The molecule has 1 aromatic carbocycles. The van der Waals surface area contributed by atoms with Crippen LogP contribution < -0.4 is 5.19 Å². The molecule has 1 aliphatic rings. The highest BCUT2D eigenvalue weighted by atomic mass is 28.3. The van der Waals surface area contributed by atoms with Gasteiger partial charge in [0, 0.05) is 0 Å². The van der Waals surface area contributed by atoms with Gasteiger partial charge >= 0.3 is 0 Å². The van der Waals surface area contributed by atoms with Crippen molar-refractivity contribution >= 4 is 13.3 Å². The van der Waals surface area contributed by atoms with Gasteiger partial charge in [0.05, 0.1) is 5.73 Å². The van der Waals surface area contributed by atoms with Crippen LogP contribution >= 0.6 is 0 Å². The fraction of sp³-hybridized carbons (Fsp3) is 0.500. The van der Waals surface area contributed by atoms with Gasteiger partial charge in [-0.2, -0.15) is 0 Å². The first-order valence-electron chi connectivity index (χ1n) is 7.05. The molecule has 0 fully saturated rings. The zero-order valence-electron chi connectivity index (χ0n) is 11.5. The monoisotopic (exact) mass is 260 g/mol. The summed E-state index contributed by atoms with van der Waals surface area (Å²) in [4.78, 5) is 0. The highest BCUT2D eigenvalue weighted by Crippen LogP contribution is 2.25. The first kappa shape index (κ1) is 13.6. The number of hydrogen-bond donors (Lipinski definition) is 1. The summed E-state index contributed by atoms with van der Waals surface area (Å²) in [5.41, 5.74) is 1.08. The summed E-state index contributed by atoms with van der Waals surface area (Å²) in [5.74, 6) is 0. The van der Waals surface area contributed by atoms with Crippen LogP contribution in [0.15, 0.2) is 42.0 Å². The Balaban J connectivity index is 2.21. The minimum atomic E-state index is -1.81.